The Hall–Kier alpha value is -0.110. The smallest absolute Gasteiger partial charge is 0.113 e. The van der Waals surface area contributed by atoms with Crippen molar-refractivity contribution in [3.8, 4) is 0 Å². The highest BCUT2D eigenvalue weighted by atomic mass is 19.1. The second-order valence-corrected chi connectivity index (χ2v) is 2.50. The third-order valence-corrected chi connectivity index (χ3v) is 1.57. The van der Waals surface area contributed by atoms with Gasteiger partial charge in [-0.1, -0.05) is 0 Å². The van der Waals surface area contributed by atoms with Crippen molar-refractivity contribution in [2.45, 2.75) is 19.0 Å². The van der Waals surface area contributed by atoms with Crippen molar-refractivity contribution >= 4 is 0 Å². The third kappa shape index (κ3) is 1.44. The molecule has 1 saturated heterocycles. The molecule has 2 heteroatoms. The van der Waals surface area contributed by atoms with Crippen molar-refractivity contribution in [1.29, 1.82) is 0 Å². The zero-order valence-corrected chi connectivity index (χ0v) is 5.23. The zero-order valence-electron chi connectivity index (χ0n) is 5.23. The van der Waals surface area contributed by atoms with Gasteiger partial charge in [-0.2, -0.15) is 0 Å². The van der Waals surface area contributed by atoms with Gasteiger partial charge in [0.05, 0.1) is 0 Å². The predicted octanol–water partition coefficient (Wildman–Crippen LogP) is 1.05. The second-order valence-electron chi connectivity index (χ2n) is 2.50. The van der Waals surface area contributed by atoms with E-state index < -0.39 is 6.17 Å². The van der Waals surface area contributed by atoms with Crippen molar-refractivity contribution < 1.29 is 4.39 Å². The Kier molecular flexibility index (Phi) is 1.84. The minimum absolute atomic E-state index is 0.561. The van der Waals surface area contributed by atoms with E-state index in [0.717, 1.165) is 19.4 Å². The normalized spacial score (nSPS) is 33.0. The summed E-state index contributed by atoms with van der Waals surface area (Å²) in [5, 5.41) is 0. The molecule has 0 radical (unpaired) electrons. The summed E-state index contributed by atoms with van der Waals surface area (Å²) in [6.07, 6.45) is 1.23. The molecular weight excluding hydrogens is 105 g/mol. The number of hydrogen-bond acceptors (Lipinski definition) is 1. The Balaban J connectivity index is 2.23. The molecule has 8 heavy (non-hydrogen) atoms. The van der Waals surface area contributed by atoms with Crippen molar-refractivity contribution in [3.05, 3.63) is 0 Å². The van der Waals surface area contributed by atoms with Crippen LogP contribution in [0.15, 0.2) is 0 Å². The van der Waals surface area contributed by atoms with E-state index in [1.54, 1.807) is 0 Å². The molecule has 0 aromatic rings. The fourth-order valence-electron chi connectivity index (χ4n) is 1.10. The lowest BCUT2D eigenvalue weighted by molar-refractivity contribution is 0.163. The summed E-state index contributed by atoms with van der Waals surface area (Å²) in [4.78, 5) is 2.04. The first-order valence-electron chi connectivity index (χ1n) is 3.11. The molecule has 1 aliphatic rings. The zero-order chi connectivity index (χ0) is 5.98. The lowest BCUT2D eigenvalue weighted by Gasteiger charge is -2.24. The Bertz CT molecular complexity index is 66.9. The lowest BCUT2D eigenvalue weighted by atomic mass is 10.1. The average Bonchev–Trinajstić information content (AvgIpc) is 1.64. The van der Waals surface area contributed by atoms with Crippen LogP contribution in [0.1, 0.15) is 12.8 Å². The molecule has 48 valence electrons. The average molecular weight is 117 g/mol. The van der Waals surface area contributed by atoms with Crippen LogP contribution in [0.25, 0.3) is 0 Å². The van der Waals surface area contributed by atoms with E-state index in [1.807, 2.05) is 11.9 Å². The fourth-order valence-corrected chi connectivity index (χ4v) is 1.10. The van der Waals surface area contributed by atoms with Gasteiger partial charge < -0.3 is 4.90 Å². The molecular formula is C6H12FN. The Morgan fingerprint density at radius 3 is 2.75 bits per heavy atom. The van der Waals surface area contributed by atoms with Gasteiger partial charge in [0.25, 0.3) is 0 Å². The van der Waals surface area contributed by atoms with Crippen LogP contribution in [0, 0.1) is 0 Å². The number of rotatable bonds is 0. The molecule has 1 nitrogen and oxygen atoms in total. The molecule has 0 amide bonds. The molecule has 1 heterocycles. The monoisotopic (exact) mass is 117 g/mol. The van der Waals surface area contributed by atoms with Gasteiger partial charge in [0, 0.05) is 6.54 Å². The maximum Gasteiger partial charge on any atom is 0.113 e. The maximum atomic E-state index is 12.4. The van der Waals surface area contributed by atoms with Crippen LogP contribution in [0.2, 0.25) is 0 Å². The molecule has 1 aliphatic heterocycles. The highest BCUT2D eigenvalue weighted by molar-refractivity contribution is 4.68. The summed E-state index contributed by atoms with van der Waals surface area (Å²) < 4.78 is 12.4. The summed E-state index contributed by atoms with van der Waals surface area (Å²) >= 11 is 0. The van der Waals surface area contributed by atoms with Gasteiger partial charge in [0.2, 0.25) is 0 Å². The molecule has 1 fully saturated rings. The van der Waals surface area contributed by atoms with Crippen LogP contribution in [0.5, 0.6) is 0 Å². The first-order chi connectivity index (χ1) is 3.79. The lowest BCUT2D eigenvalue weighted by Crippen LogP contribution is -2.32. The van der Waals surface area contributed by atoms with E-state index in [9.17, 15) is 4.39 Å². The number of alkyl halides is 1. The predicted molar refractivity (Wildman–Crippen MR) is 31.6 cm³/mol. The highest BCUT2D eigenvalue weighted by Gasteiger charge is 2.14. The Morgan fingerprint density at radius 2 is 2.38 bits per heavy atom. The molecule has 1 atom stereocenters. The topological polar surface area (TPSA) is 3.24 Å². The van der Waals surface area contributed by atoms with Crippen molar-refractivity contribution in [3.63, 3.8) is 0 Å². The molecule has 0 aliphatic carbocycles. The summed E-state index contributed by atoms with van der Waals surface area (Å²) in [7, 11) is 1.96. The van der Waals surface area contributed by atoms with Gasteiger partial charge >= 0.3 is 0 Å². The van der Waals surface area contributed by atoms with E-state index in [0.29, 0.717) is 6.54 Å². The quantitative estimate of drug-likeness (QED) is 0.458. The highest BCUT2D eigenvalue weighted by Crippen LogP contribution is 2.09. The van der Waals surface area contributed by atoms with E-state index in [2.05, 4.69) is 0 Å². The Morgan fingerprint density at radius 1 is 1.62 bits per heavy atom. The summed E-state index contributed by atoms with van der Waals surface area (Å²) in [6, 6.07) is 0. The van der Waals surface area contributed by atoms with Gasteiger partial charge in [0.15, 0.2) is 0 Å². The van der Waals surface area contributed by atoms with Crippen LogP contribution >= 0.6 is 0 Å². The minimum Gasteiger partial charge on any atom is -0.303 e. The standard InChI is InChI=1S/C6H12FN/c1-8-4-2-3-6(7)5-8/h6H,2-5H2,1H3. The molecule has 0 N–H and O–H groups in total. The molecule has 0 saturated carbocycles. The molecule has 0 spiro atoms. The summed E-state index contributed by atoms with van der Waals surface area (Å²) in [5.74, 6) is 0. The van der Waals surface area contributed by atoms with Crippen LogP contribution in [0.3, 0.4) is 0 Å². The van der Waals surface area contributed by atoms with E-state index in [-0.39, 0.29) is 0 Å². The maximum absolute atomic E-state index is 12.4. The molecule has 0 aromatic heterocycles. The van der Waals surface area contributed by atoms with Crippen LogP contribution in [-0.4, -0.2) is 31.2 Å². The number of halogens is 1. The van der Waals surface area contributed by atoms with Crippen molar-refractivity contribution in [1.82, 2.24) is 4.90 Å². The molecule has 1 rings (SSSR count). The fraction of sp³-hybridized carbons (Fsp3) is 1.00. The first kappa shape index (κ1) is 6.02. The number of likely N-dealkylation sites (tertiary alicyclic amines) is 1. The van der Waals surface area contributed by atoms with Crippen LogP contribution in [0.4, 0.5) is 4.39 Å². The minimum atomic E-state index is -0.561. The van der Waals surface area contributed by atoms with Crippen LogP contribution < -0.4 is 0 Å². The first-order valence-corrected chi connectivity index (χ1v) is 3.11. The largest absolute Gasteiger partial charge is 0.303 e. The third-order valence-electron chi connectivity index (χ3n) is 1.57. The van der Waals surface area contributed by atoms with E-state index in [1.165, 1.54) is 0 Å². The number of hydrogen-bond donors (Lipinski definition) is 0. The van der Waals surface area contributed by atoms with Crippen LogP contribution in [-0.2, 0) is 0 Å². The van der Waals surface area contributed by atoms with E-state index in [4.69, 9.17) is 0 Å². The van der Waals surface area contributed by atoms with Gasteiger partial charge in [-0.05, 0) is 26.4 Å². The van der Waals surface area contributed by atoms with Crippen molar-refractivity contribution in [2.75, 3.05) is 20.1 Å². The Labute approximate surface area is 49.5 Å². The molecule has 0 aromatic carbocycles. The molecule has 1 unspecified atom stereocenters. The number of piperidine rings is 1. The van der Waals surface area contributed by atoms with Gasteiger partial charge in [-0.25, -0.2) is 4.39 Å². The van der Waals surface area contributed by atoms with E-state index >= 15 is 0 Å². The van der Waals surface area contributed by atoms with Gasteiger partial charge in [0.1, 0.15) is 6.17 Å². The summed E-state index contributed by atoms with van der Waals surface area (Å²) in [5.41, 5.74) is 0. The SMILES string of the molecule is CN1CCCC(F)C1. The molecule has 0 bridgehead atoms. The van der Waals surface area contributed by atoms with Gasteiger partial charge in [-0.3, -0.25) is 0 Å². The van der Waals surface area contributed by atoms with Crippen molar-refractivity contribution in [2.24, 2.45) is 0 Å². The van der Waals surface area contributed by atoms with Gasteiger partial charge in [-0.15, -0.1) is 0 Å². The summed E-state index contributed by atoms with van der Waals surface area (Å²) in [6.45, 7) is 1.71. The number of nitrogens with zero attached hydrogens (tertiary/aromatic N) is 1. The second kappa shape index (κ2) is 2.44.